The van der Waals surface area contributed by atoms with E-state index in [2.05, 4.69) is 0 Å². The van der Waals surface area contributed by atoms with Gasteiger partial charge in [0.25, 0.3) is 0 Å². The normalized spacial score (nSPS) is 11.1. The summed E-state index contributed by atoms with van der Waals surface area (Å²) in [6.07, 6.45) is -2.29. The maximum absolute atomic E-state index is 10.6. The van der Waals surface area contributed by atoms with Crippen LogP contribution in [0.4, 0.5) is 0 Å². The second kappa shape index (κ2) is 17.3. The van der Waals surface area contributed by atoms with Crippen LogP contribution in [0.5, 0.6) is 23.0 Å². The number of hydrogen-bond donors (Lipinski definition) is 9. The summed E-state index contributed by atoms with van der Waals surface area (Å²) in [4.78, 5) is 51.3. The number of rotatable bonds is 7. The summed E-state index contributed by atoms with van der Waals surface area (Å²) in [5.74, 6) is -7.70. The van der Waals surface area contributed by atoms with E-state index >= 15 is 0 Å². The number of hydrogen-bond acceptors (Lipinski definition) is 11. The number of phenols is 2. The Bertz CT molecular complexity index is 1190. The zero-order chi connectivity index (χ0) is 28.5. The van der Waals surface area contributed by atoms with Crippen LogP contribution in [0.3, 0.4) is 0 Å². The van der Waals surface area contributed by atoms with Gasteiger partial charge in [0.1, 0.15) is 11.3 Å². The molecule has 3 rings (SSSR count). The molecule has 0 amide bonds. The molecule has 0 aliphatic carbocycles. The first-order chi connectivity index (χ1) is 17.1. The van der Waals surface area contributed by atoms with Gasteiger partial charge in [-0.25, -0.2) is 9.59 Å². The molecule has 0 atom stereocenters. The van der Waals surface area contributed by atoms with Crippen molar-refractivity contribution in [2.75, 3.05) is 0 Å². The van der Waals surface area contributed by atoms with Crippen LogP contribution in [0, 0.1) is 0 Å². The predicted octanol–water partition coefficient (Wildman–Crippen LogP) is -2.69. The Morgan fingerprint density at radius 3 is 1.67 bits per heavy atom. The molecule has 1 aliphatic rings. The van der Waals surface area contributed by atoms with E-state index in [9.17, 15) is 29.1 Å². The van der Waals surface area contributed by atoms with Crippen LogP contribution < -0.4 is 5.63 Å². The minimum atomic E-state index is -3.36. The average molecular weight is 1150 g/mol. The fraction of sp³-hybridized carbons (Fsp3) is 0.150. The van der Waals surface area contributed by atoms with Gasteiger partial charge >= 0.3 is 164 Å². The summed E-state index contributed by atoms with van der Waals surface area (Å²) in [5.41, 5.74) is -2.91. The van der Waals surface area contributed by atoms with Gasteiger partial charge in [-0.05, 0) is 12.1 Å². The average Bonchev–Trinajstić information content (AvgIpc) is 3.14. The van der Waals surface area contributed by atoms with Crippen LogP contribution >= 0.6 is 0 Å². The number of phenolic OH excluding ortho intramolecular Hbond substituents is 1. The number of carbonyl (C=O) groups is 5. The van der Waals surface area contributed by atoms with Crippen molar-refractivity contribution in [3.63, 3.8) is 0 Å². The molecular formula is C20H25Bi3O16. The van der Waals surface area contributed by atoms with Crippen LogP contribution in [0.1, 0.15) is 33.6 Å². The summed E-state index contributed by atoms with van der Waals surface area (Å²) in [7, 11) is 0. The minimum absolute atomic E-state index is 0. The van der Waals surface area contributed by atoms with Gasteiger partial charge in [0.05, 0.1) is 12.8 Å². The van der Waals surface area contributed by atoms with Crippen molar-refractivity contribution in [3.8, 4) is 23.0 Å². The third-order valence-corrected chi connectivity index (χ3v) is 6.74. The van der Waals surface area contributed by atoms with Gasteiger partial charge < -0.3 is 30.6 Å². The molecule has 39 heavy (non-hydrogen) atoms. The van der Waals surface area contributed by atoms with Crippen molar-refractivity contribution < 1.29 is 73.6 Å². The van der Waals surface area contributed by atoms with E-state index in [-0.39, 0.29) is 86.5 Å². The molecule has 0 fully saturated rings. The van der Waals surface area contributed by atoms with E-state index in [1.165, 1.54) is 18.2 Å². The van der Waals surface area contributed by atoms with Gasteiger partial charge in [0, 0.05) is 0 Å². The molecule has 1 heterocycles. The molecule has 9 N–H and O–H groups in total. The van der Waals surface area contributed by atoms with Crippen molar-refractivity contribution in [2.45, 2.75) is 18.4 Å². The summed E-state index contributed by atoms with van der Waals surface area (Å²) in [6.45, 7) is 0. The molecule has 2 aromatic rings. The maximum atomic E-state index is 10.6. The summed E-state index contributed by atoms with van der Waals surface area (Å²) in [5, 5.41) is 69.1. The summed E-state index contributed by atoms with van der Waals surface area (Å²) < 4.78 is 18.9. The van der Waals surface area contributed by atoms with E-state index in [1.807, 2.05) is 0 Å². The molecule has 0 aromatic heterocycles. The van der Waals surface area contributed by atoms with Gasteiger partial charge in [-0.2, -0.15) is 0 Å². The first kappa shape index (κ1) is 38.7. The Balaban J connectivity index is 0. The number of aliphatic hydroxyl groups is 1. The molecule has 16 nitrogen and oxygen atoms in total. The first-order valence-corrected chi connectivity index (χ1v) is 13.8. The zero-order valence-corrected chi connectivity index (χ0v) is 34.1. The molecule has 0 bridgehead atoms. The third kappa shape index (κ3) is 12.5. The van der Waals surface area contributed by atoms with Crippen molar-refractivity contribution >= 4 is 105 Å². The van der Waals surface area contributed by atoms with E-state index in [0.717, 1.165) is 6.07 Å². The van der Waals surface area contributed by atoms with Crippen molar-refractivity contribution in [1.82, 2.24) is 0 Å². The molecule has 1 aliphatic heterocycles. The second-order valence-electron chi connectivity index (χ2n) is 6.85. The summed E-state index contributed by atoms with van der Waals surface area (Å²) in [6, 6.07) is 8.07. The van der Waals surface area contributed by atoms with E-state index in [0.29, 0.717) is 0 Å². The van der Waals surface area contributed by atoms with Gasteiger partial charge in [-0.1, -0.05) is 12.1 Å². The molecule has 0 saturated heterocycles. The monoisotopic (exact) mass is 1150 g/mol. The second-order valence-corrected chi connectivity index (χ2v) is 10.1. The van der Waals surface area contributed by atoms with E-state index in [1.54, 1.807) is 12.1 Å². The van der Waals surface area contributed by atoms with Gasteiger partial charge in [-0.3, -0.25) is 9.59 Å². The first-order valence-electron chi connectivity index (χ1n) is 9.43. The number of aromatic hydroxyl groups is 2. The molecule has 216 valence electrons. The van der Waals surface area contributed by atoms with Gasteiger partial charge in [0.2, 0.25) is 0 Å². The number of para-hydroxylation sites is 1. The van der Waals surface area contributed by atoms with Crippen LogP contribution in [-0.4, -0.2) is 155 Å². The van der Waals surface area contributed by atoms with Crippen molar-refractivity contribution in [2.24, 2.45) is 0 Å². The van der Waals surface area contributed by atoms with Gasteiger partial charge in [-0.15, -0.1) is 0 Å². The van der Waals surface area contributed by atoms with Crippen LogP contribution in [-0.2, 0) is 14.4 Å². The van der Waals surface area contributed by atoms with Gasteiger partial charge in [0.15, 0.2) is 5.60 Å². The molecule has 0 radical (unpaired) electrons. The van der Waals surface area contributed by atoms with Crippen LogP contribution in [0.2, 0.25) is 0 Å². The quantitative estimate of drug-likeness (QED) is 0.128. The van der Waals surface area contributed by atoms with Crippen molar-refractivity contribution in [1.29, 1.82) is 0 Å². The Hall–Kier alpha value is -2.44. The fourth-order valence-corrected chi connectivity index (χ4v) is 5.07. The number of carboxylic acid groups (broad SMARTS) is 5. The predicted molar refractivity (Wildman–Crippen MR) is 136 cm³/mol. The topological polar surface area (TPSA) is 286 Å². The Morgan fingerprint density at radius 2 is 1.28 bits per heavy atom. The Labute approximate surface area is 265 Å². The molecule has 19 heteroatoms. The molecule has 0 spiro atoms. The molecule has 2 aromatic carbocycles. The number of carboxylic acids is 5. The SMILES string of the molecule is O=C(O)CC(O)(CC(=O)O)C(=O)O.O=C(O)c1cc(O)c2c(c1)[O][Bi]([OH])[O]2.O=C(O)c1ccccc1O.[BiH3].[BiH3]. The van der Waals surface area contributed by atoms with E-state index in [4.69, 9.17) is 44.6 Å². The van der Waals surface area contributed by atoms with E-state index < -0.39 is 71.4 Å². The molecule has 0 unspecified atom stereocenters. The summed E-state index contributed by atoms with van der Waals surface area (Å²) >= 11 is -3.36. The molecular weight excluding hydrogens is 1120 g/mol. The van der Waals surface area contributed by atoms with Crippen LogP contribution in [0.25, 0.3) is 0 Å². The number of fused-ring (bicyclic) bond motifs is 1. The number of aromatic carboxylic acids is 2. The number of aliphatic carboxylic acids is 3. The van der Waals surface area contributed by atoms with Crippen LogP contribution in [0.15, 0.2) is 36.4 Å². The Kier molecular flexibility index (Phi) is 17.2. The molecule has 0 saturated carbocycles. The Morgan fingerprint density at radius 1 is 0.769 bits per heavy atom. The van der Waals surface area contributed by atoms with Crippen molar-refractivity contribution in [3.05, 3.63) is 47.5 Å². The number of benzene rings is 2. The zero-order valence-electron chi connectivity index (χ0n) is 19.6. The standard InChI is InChI=1S/C7H6O5.C7H6O3.C6H8O7.3Bi.H2O.6H/c8-4-1-3(7(11)12)2-5(9)6(4)10;8-6-4-2-1-3-5(6)7(9)10;7-3(8)1-6(13,5(11)12)2-4(9)10;;;;;;;;;;/h1-2,8-10H,(H,11,12);1-4,8H,(H,9,10);13H,1-2H2,(H,7,8)(H,9,10)(H,11,12);;;;1H2;;;;;;/q;;;;;+3;;;;;;;/p-3. The fourth-order valence-electron chi connectivity index (χ4n) is 2.42. The third-order valence-electron chi connectivity index (χ3n) is 4.05.